The third-order valence-corrected chi connectivity index (χ3v) is 5.33. The summed E-state index contributed by atoms with van der Waals surface area (Å²) in [6.07, 6.45) is -2.43. The molecule has 8 nitrogen and oxygen atoms in total. The van der Waals surface area contributed by atoms with Gasteiger partial charge in [0.2, 0.25) is 11.4 Å². The molecule has 1 aromatic carbocycles. The molecule has 1 saturated heterocycles. The fraction of sp³-hybridized carbons (Fsp3) is 0.294. The molecule has 0 spiro atoms. The molecule has 2 aromatic rings. The molecule has 0 bridgehead atoms. The normalized spacial score (nSPS) is 27.3. The zero-order valence-corrected chi connectivity index (χ0v) is 16.0. The van der Waals surface area contributed by atoms with E-state index in [0.29, 0.717) is 5.56 Å². The molecular weight excluding hydrogens is 393 g/mol. The van der Waals surface area contributed by atoms with Gasteiger partial charge in [-0.15, -0.1) is 0 Å². The summed E-state index contributed by atoms with van der Waals surface area (Å²) in [5.41, 5.74) is 0.365. The number of rotatable bonds is 5. The molecule has 10 heteroatoms. The number of carbonyl (C=O) groups is 1. The Kier molecular flexibility index (Phi) is 6.12. The van der Waals surface area contributed by atoms with Crippen LogP contribution in [0.15, 0.2) is 59.8 Å². The number of hydrogen-bond acceptors (Lipinski definition) is 7. The van der Waals surface area contributed by atoms with Crippen molar-refractivity contribution in [2.75, 3.05) is 6.66 Å². The van der Waals surface area contributed by atoms with Crippen molar-refractivity contribution in [1.29, 1.82) is 0 Å². The molecule has 144 valence electrons. The van der Waals surface area contributed by atoms with Crippen LogP contribution in [-0.2, 0) is 13.8 Å². The highest BCUT2D eigenvalue weighted by atomic mass is 32.2. The Bertz CT molecular complexity index is 859. The molecule has 2 heterocycles. The van der Waals surface area contributed by atoms with Crippen molar-refractivity contribution in [1.82, 2.24) is 0 Å². The van der Waals surface area contributed by atoms with Gasteiger partial charge in [-0.05, 0) is 30.0 Å². The van der Waals surface area contributed by atoms with E-state index in [9.17, 15) is 24.5 Å². The maximum Gasteiger partial charge on any atom is 0.327 e. The lowest BCUT2D eigenvalue weighted by atomic mass is 10.2. The van der Waals surface area contributed by atoms with Gasteiger partial charge in [-0.2, -0.15) is 4.57 Å². The lowest BCUT2D eigenvalue weighted by molar-refractivity contribution is -0.767. The van der Waals surface area contributed by atoms with E-state index in [-0.39, 0.29) is 5.12 Å². The number of aliphatic hydroxyl groups is 2. The maximum atomic E-state index is 12.5. The van der Waals surface area contributed by atoms with Gasteiger partial charge in [0.25, 0.3) is 6.23 Å². The van der Waals surface area contributed by atoms with E-state index in [0.717, 1.165) is 23.3 Å². The van der Waals surface area contributed by atoms with Gasteiger partial charge in [0.05, 0.1) is 5.56 Å². The molecule has 5 atom stereocenters. The molecule has 0 aliphatic carbocycles. The van der Waals surface area contributed by atoms with Crippen molar-refractivity contribution in [3.8, 4) is 0 Å². The second kappa shape index (κ2) is 8.20. The molecule has 3 N–H and O–H groups in total. The van der Waals surface area contributed by atoms with Crippen LogP contribution in [0.5, 0.6) is 0 Å². The average Bonchev–Trinajstić information content (AvgIpc) is 2.89. The van der Waals surface area contributed by atoms with E-state index < -0.39 is 32.3 Å². The summed E-state index contributed by atoms with van der Waals surface area (Å²) >= 11 is 1.06. The van der Waals surface area contributed by atoms with Crippen LogP contribution < -0.4 is 4.57 Å². The third kappa shape index (κ3) is 5.03. The summed E-state index contributed by atoms with van der Waals surface area (Å²) in [5.74, 6) is 0. The van der Waals surface area contributed by atoms with Crippen molar-refractivity contribution in [3.63, 3.8) is 0 Å². The van der Waals surface area contributed by atoms with Gasteiger partial charge in [-0.3, -0.25) is 18.6 Å². The minimum absolute atomic E-state index is 0.204. The lowest BCUT2D eigenvalue weighted by Gasteiger charge is -2.15. The van der Waals surface area contributed by atoms with Gasteiger partial charge in [0.15, 0.2) is 18.5 Å². The maximum absolute atomic E-state index is 12.5. The quantitative estimate of drug-likeness (QED) is 0.382. The Labute approximate surface area is 159 Å². The van der Waals surface area contributed by atoms with E-state index >= 15 is 0 Å². The van der Waals surface area contributed by atoms with Crippen LogP contribution in [0.2, 0.25) is 0 Å². The molecule has 1 unspecified atom stereocenters. The first kappa shape index (κ1) is 20.2. The molecule has 1 fully saturated rings. The standard InChI is InChI=1S/C17H18NO7PS/c1-26(22,23)25-17-14(20)13(19)15(24-17)18-9-5-6-11(10-18)16(21)27-12-7-3-2-4-8-12/h2-10,13-15,17,19-20H,1H3/p+1/t13-,14+,15-,17-/m1/s1. The van der Waals surface area contributed by atoms with Crippen LogP contribution >= 0.6 is 19.4 Å². The van der Waals surface area contributed by atoms with Crippen LogP contribution in [0.1, 0.15) is 16.6 Å². The number of hydrogen-bond donors (Lipinski definition) is 3. The Hall–Kier alpha value is -1.58. The van der Waals surface area contributed by atoms with Crippen LogP contribution in [-0.4, -0.2) is 45.4 Å². The second-order valence-electron chi connectivity index (χ2n) is 6.03. The minimum atomic E-state index is -3.92. The Morgan fingerprint density at radius 3 is 2.56 bits per heavy atom. The topological polar surface area (TPSA) is 117 Å². The summed E-state index contributed by atoms with van der Waals surface area (Å²) in [6, 6.07) is 12.4. The number of nitrogens with zero attached hydrogens (tertiary/aromatic N) is 1. The zero-order chi connectivity index (χ0) is 19.6. The largest absolute Gasteiger partial charge is 0.385 e. The number of aliphatic hydroxyl groups excluding tert-OH is 2. The molecule has 0 saturated carbocycles. The highest BCUT2D eigenvalue weighted by Crippen LogP contribution is 2.42. The van der Waals surface area contributed by atoms with Crippen LogP contribution in [0.25, 0.3) is 0 Å². The van der Waals surface area contributed by atoms with Crippen molar-refractivity contribution in [2.45, 2.75) is 29.6 Å². The minimum Gasteiger partial charge on any atom is -0.385 e. The first-order valence-corrected chi connectivity index (χ1v) is 10.9. The zero-order valence-electron chi connectivity index (χ0n) is 14.3. The molecule has 27 heavy (non-hydrogen) atoms. The number of carbonyl (C=O) groups excluding carboxylic acids is 1. The summed E-state index contributed by atoms with van der Waals surface area (Å²) in [5, 5.41) is 20.0. The fourth-order valence-corrected chi connectivity index (χ4v) is 3.89. The Balaban J connectivity index is 1.77. The molecule has 1 aromatic heterocycles. The van der Waals surface area contributed by atoms with Crippen LogP contribution in [0.4, 0.5) is 0 Å². The summed E-state index contributed by atoms with van der Waals surface area (Å²) in [6.45, 7) is 0.954. The SMILES string of the molecule is CP(=O)(O)O[C@H]1O[C@@H]([n+]2cccc(C(=O)Sc3ccccc3)c2)[C@H](O)[C@@H]1O. The first-order chi connectivity index (χ1) is 12.7. The molecule has 0 amide bonds. The number of thioether (sulfide) groups is 1. The van der Waals surface area contributed by atoms with E-state index in [1.54, 1.807) is 18.3 Å². The highest BCUT2D eigenvalue weighted by molar-refractivity contribution is 8.14. The summed E-state index contributed by atoms with van der Waals surface area (Å²) < 4.78 is 23.0. The summed E-state index contributed by atoms with van der Waals surface area (Å²) in [7, 11) is -3.92. The van der Waals surface area contributed by atoms with Gasteiger partial charge in [0, 0.05) is 17.6 Å². The van der Waals surface area contributed by atoms with Gasteiger partial charge in [-0.25, -0.2) is 0 Å². The Morgan fingerprint density at radius 1 is 1.19 bits per heavy atom. The van der Waals surface area contributed by atoms with Crippen LogP contribution in [0, 0.1) is 0 Å². The summed E-state index contributed by atoms with van der Waals surface area (Å²) in [4.78, 5) is 22.6. The fourth-order valence-electron chi connectivity index (χ4n) is 2.58. The highest BCUT2D eigenvalue weighted by Gasteiger charge is 2.50. The first-order valence-electron chi connectivity index (χ1n) is 8.03. The van der Waals surface area contributed by atoms with Gasteiger partial charge in [0.1, 0.15) is 6.10 Å². The monoisotopic (exact) mass is 412 g/mol. The number of aromatic nitrogens is 1. The van der Waals surface area contributed by atoms with E-state index in [1.165, 1.54) is 10.8 Å². The second-order valence-corrected chi connectivity index (χ2v) is 8.89. The van der Waals surface area contributed by atoms with E-state index in [2.05, 4.69) is 0 Å². The van der Waals surface area contributed by atoms with Gasteiger partial charge in [-0.1, -0.05) is 18.2 Å². The third-order valence-electron chi connectivity index (χ3n) is 3.80. The number of benzene rings is 1. The van der Waals surface area contributed by atoms with Crippen molar-refractivity contribution >= 4 is 24.5 Å². The Morgan fingerprint density at radius 2 is 1.89 bits per heavy atom. The molecule has 1 aliphatic heterocycles. The average molecular weight is 412 g/mol. The smallest absolute Gasteiger partial charge is 0.327 e. The number of pyridine rings is 1. The predicted molar refractivity (Wildman–Crippen MR) is 96.0 cm³/mol. The van der Waals surface area contributed by atoms with Gasteiger partial charge >= 0.3 is 7.60 Å². The molecule has 1 aliphatic rings. The molecule has 0 radical (unpaired) electrons. The predicted octanol–water partition coefficient (Wildman–Crippen LogP) is 1.32. The van der Waals surface area contributed by atoms with E-state index in [4.69, 9.17) is 9.26 Å². The van der Waals surface area contributed by atoms with Crippen molar-refractivity contribution < 1.29 is 38.3 Å². The van der Waals surface area contributed by atoms with Gasteiger partial charge < -0.3 is 15.1 Å². The van der Waals surface area contributed by atoms with Crippen molar-refractivity contribution in [2.24, 2.45) is 0 Å². The number of ether oxygens (including phenoxy) is 1. The lowest BCUT2D eigenvalue weighted by Crippen LogP contribution is -2.46. The van der Waals surface area contributed by atoms with E-state index in [1.807, 2.05) is 30.3 Å². The van der Waals surface area contributed by atoms with Crippen LogP contribution in [0.3, 0.4) is 0 Å². The molecule has 3 rings (SSSR count). The molecular formula is C17H19NO7PS+. The van der Waals surface area contributed by atoms with Crippen molar-refractivity contribution in [3.05, 3.63) is 60.4 Å².